The van der Waals surface area contributed by atoms with Crippen molar-refractivity contribution in [3.63, 3.8) is 0 Å². The van der Waals surface area contributed by atoms with Gasteiger partial charge < -0.3 is 15.2 Å². The summed E-state index contributed by atoms with van der Waals surface area (Å²) in [5.74, 6) is 0.641. The number of methoxy groups -OCH3 is 1. The Hall–Kier alpha value is -2.49. The fourth-order valence-corrected chi connectivity index (χ4v) is 1.84. The summed E-state index contributed by atoms with van der Waals surface area (Å²) >= 11 is 0. The Morgan fingerprint density at radius 2 is 1.85 bits per heavy atom. The largest absolute Gasteiger partial charge is 0.465 e. The lowest BCUT2D eigenvalue weighted by Gasteiger charge is -2.11. The Labute approximate surface area is 118 Å². The molecule has 0 bridgehead atoms. The molecule has 0 aliphatic rings. The number of hydrogen-bond donors (Lipinski definition) is 1. The number of aryl methyl sites for hydroxylation is 1. The number of nitrogens with two attached hydrogens (primary N) is 1. The van der Waals surface area contributed by atoms with Crippen LogP contribution in [0.25, 0.3) is 0 Å². The van der Waals surface area contributed by atoms with Crippen LogP contribution in [0.15, 0.2) is 42.5 Å². The first-order chi connectivity index (χ1) is 9.65. The highest BCUT2D eigenvalue weighted by atomic mass is 16.5. The van der Waals surface area contributed by atoms with Gasteiger partial charge in [-0.25, -0.2) is 4.79 Å². The van der Waals surface area contributed by atoms with Gasteiger partial charge in [-0.05, 0) is 36.2 Å². The average molecular weight is 271 g/mol. The molecule has 0 radical (unpaired) electrons. The minimum absolute atomic E-state index is 0.277. The molecule has 0 aliphatic heterocycles. The van der Waals surface area contributed by atoms with E-state index in [1.807, 2.05) is 24.3 Å². The SMILES string of the molecule is CCc1ccc(Oc2cccc(C(=O)OC)c2N)cc1. The summed E-state index contributed by atoms with van der Waals surface area (Å²) in [7, 11) is 1.32. The topological polar surface area (TPSA) is 61.5 Å². The lowest BCUT2D eigenvalue weighted by molar-refractivity contribution is 0.0601. The van der Waals surface area contributed by atoms with Crippen molar-refractivity contribution in [3.8, 4) is 11.5 Å². The van der Waals surface area contributed by atoms with E-state index in [-0.39, 0.29) is 5.69 Å². The number of nitrogen functional groups attached to an aromatic ring is 1. The van der Waals surface area contributed by atoms with Crippen LogP contribution in [0, 0.1) is 0 Å². The molecule has 2 rings (SSSR count). The molecule has 0 fully saturated rings. The van der Waals surface area contributed by atoms with E-state index in [1.165, 1.54) is 12.7 Å². The van der Waals surface area contributed by atoms with E-state index in [0.29, 0.717) is 17.1 Å². The highest BCUT2D eigenvalue weighted by molar-refractivity contribution is 5.96. The normalized spacial score (nSPS) is 10.1. The van der Waals surface area contributed by atoms with Gasteiger partial charge >= 0.3 is 5.97 Å². The van der Waals surface area contributed by atoms with Gasteiger partial charge in [0.05, 0.1) is 18.4 Å². The van der Waals surface area contributed by atoms with Crippen molar-refractivity contribution in [3.05, 3.63) is 53.6 Å². The van der Waals surface area contributed by atoms with E-state index in [2.05, 4.69) is 11.7 Å². The Bertz CT molecular complexity index is 606. The number of carbonyl (C=O) groups excluding carboxylic acids is 1. The number of carbonyl (C=O) groups is 1. The van der Waals surface area contributed by atoms with Gasteiger partial charge in [-0.15, -0.1) is 0 Å². The molecule has 0 spiro atoms. The smallest absolute Gasteiger partial charge is 0.340 e. The van der Waals surface area contributed by atoms with Gasteiger partial charge in [0, 0.05) is 0 Å². The van der Waals surface area contributed by atoms with E-state index in [1.54, 1.807) is 18.2 Å². The summed E-state index contributed by atoms with van der Waals surface area (Å²) in [4.78, 5) is 11.6. The molecule has 0 heterocycles. The van der Waals surface area contributed by atoms with E-state index in [4.69, 9.17) is 10.5 Å². The summed E-state index contributed by atoms with van der Waals surface area (Å²) in [5, 5.41) is 0. The first-order valence-electron chi connectivity index (χ1n) is 6.39. The number of ether oxygens (including phenoxy) is 2. The van der Waals surface area contributed by atoms with Crippen molar-refractivity contribution in [2.75, 3.05) is 12.8 Å². The second kappa shape index (κ2) is 6.10. The molecular weight excluding hydrogens is 254 g/mol. The molecule has 2 N–H and O–H groups in total. The molecule has 0 aliphatic carbocycles. The van der Waals surface area contributed by atoms with E-state index in [0.717, 1.165) is 6.42 Å². The van der Waals surface area contributed by atoms with Crippen LogP contribution >= 0.6 is 0 Å². The molecular formula is C16H17NO3. The zero-order chi connectivity index (χ0) is 14.5. The molecule has 0 aromatic heterocycles. The molecule has 2 aromatic rings. The lowest BCUT2D eigenvalue weighted by Crippen LogP contribution is -2.06. The second-order valence-corrected chi connectivity index (χ2v) is 4.31. The molecule has 0 unspecified atom stereocenters. The number of rotatable bonds is 4. The predicted molar refractivity (Wildman–Crippen MR) is 78.1 cm³/mol. The zero-order valence-electron chi connectivity index (χ0n) is 11.6. The van der Waals surface area contributed by atoms with Gasteiger partial charge in [-0.2, -0.15) is 0 Å². The quantitative estimate of drug-likeness (QED) is 0.683. The minimum Gasteiger partial charge on any atom is -0.465 e. The fourth-order valence-electron chi connectivity index (χ4n) is 1.84. The van der Waals surface area contributed by atoms with Gasteiger partial charge in [0.15, 0.2) is 5.75 Å². The van der Waals surface area contributed by atoms with Crippen LogP contribution in [-0.4, -0.2) is 13.1 Å². The van der Waals surface area contributed by atoms with Crippen LogP contribution in [0.1, 0.15) is 22.8 Å². The summed E-state index contributed by atoms with van der Waals surface area (Å²) in [6, 6.07) is 12.8. The zero-order valence-corrected chi connectivity index (χ0v) is 11.6. The Morgan fingerprint density at radius 1 is 1.15 bits per heavy atom. The van der Waals surface area contributed by atoms with Crippen molar-refractivity contribution in [2.45, 2.75) is 13.3 Å². The molecule has 2 aromatic carbocycles. The molecule has 0 saturated heterocycles. The van der Waals surface area contributed by atoms with Gasteiger partial charge in [0.25, 0.3) is 0 Å². The van der Waals surface area contributed by atoms with Crippen LogP contribution in [-0.2, 0) is 11.2 Å². The number of esters is 1. The van der Waals surface area contributed by atoms with Gasteiger partial charge in [0.1, 0.15) is 5.75 Å². The molecule has 0 atom stereocenters. The number of hydrogen-bond acceptors (Lipinski definition) is 4. The van der Waals surface area contributed by atoms with Crippen molar-refractivity contribution in [1.29, 1.82) is 0 Å². The van der Waals surface area contributed by atoms with Crippen molar-refractivity contribution < 1.29 is 14.3 Å². The third kappa shape index (κ3) is 2.91. The second-order valence-electron chi connectivity index (χ2n) is 4.31. The average Bonchev–Trinajstić information content (AvgIpc) is 2.49. The number of para-hydroxylation sites is 1. The third-order valence-electron chi connectivity index (χ3n) is 3.03. The molecule has 4 nitrogen and oxygen atoms in total. The molecule has 20 heavy (non-hydrogen) atoms. The maximum absolute atomic E-state index is 11.6. The number of benzene rings is 2. The highest BCUT2D eigenvalue weighted by Gasteiger charge is 2.13. The monoisotopic (exact) mass is 271 g/mol. The first kappa shape index (κ1) is 13.9. The summed E-state index contributed by atoms with van der Waals surface area (Å²) in [5.41, 5.74) is 7.75. The van der Waals surface area contributed by atoms with Crippen molar-refractivity contribution in [1.82, 2.24) is 0 Å². The first-order valence-corrected chi connectivity index (χ1v) is 6.39. The Balaban J connectivity index is 2.26. The predicted octanol–water partition coefficient (Wildman–Crippen LogP) is 3.41. The standard InChI is InChI=1S/C16H17NO3/c1-3-11-7-9-12(10-8-11)20-14-6-4-5-13(15(14)17)16(18)19-2/h4-10H,3,17H2,1-2H3. The Morgan fingerprint density at radius 3 is 2.45 bits per heavy atom. The molecule has 0 saturated carbocycles. The van der Waals surface area contributed by atoms with E-state index >= 15 is 0 Å². The van der Waals surface area contributed by atoms with Crippen molar-refractivity contribution >= 4 is 11.7 Å². The van der Waals surface area contributed by atoms with Gasteiger partial charge in [0.2, 0.25) is 0 Å². The van der Waals surface area contributed by atoms with Crippen LogP contribution in [0.3, 0.4) is 0 Å². The summed E-state index contributed by atoms with van der Waals surface area (Å²) in [6.45, 7) is 2.09. The van der Waals surface area contributed by atoms with Crippen LogP contribution < -0.4 is 10.5 Å². The fraction of sp³-hybridized carbons (Fsp3) is 0.188. The minimum atomic E-state index is -0.478. The van der Waals surface area contributed by atoms with Gasteiger partial charge in [-0.3, -0.25) is 0 Å². The molecule has 0 amide bonds. The highest BCUT2D eigenvalue weighted by Crippen LogP contribution is 2.30. The summed E-state index contributed by atoms with van der Waals surface area (Å²) in [6.07, 6.45) is 0.972. The van der Waals surface area contributed by atoms with Gasteiger partial charge in [-0.1, -0.05) is 25.1 Å². The summed E-state index contributed by atoms with van der Waals surface area (Å²) < 4.78 is 10.4. The van der Waals surface area contributed by atoms with Crippen LogP contribution in [0.5, 0.6) is 11.5 Å². The number of anilines is 1. The molecule has 4 heteroatoms. The maximum atomic E-state index is 11.6. The van der Waals surface area contributed by atoms with Crippen molar-refractivity contribution in [2.24, 2.45) is 0 Å². The van der Waals surface area contributed by atoms with E-state index in [9.17, 15) is 4.79 Å². The molecule has 104 valence electrons. The third-order valence-corrected chi connectivity index (χ3v) is 3.03. The van der Waals surface area contributed by atoms with Crippen LogP contribution in [0.2, 0.25) is 0 Å². The van der Waals surface area contributed by atoms with E-state index < -0.39 is 5.97 Å². The Kier molecular flexibility index (Phi) is 4.25. The van der Waals surface area contributed by atoms with Crippen LogP contribution in [0.4, 0.5) is 5.69 Å². The maximum Gasteiger partial charge on any atom is 0.340 e. The lowest BCUT2D eigenvalue weighted by atomic mass is 10.1.